The molecule has 0 aliphatic carbocycles. The summed E-state index contributed by atoms with van der Waals surface area (Å²) in [6.45, 7) is 0. The summed E-state index contributed by atoms with van der Waals surface area (Å²) >= 11 is 0. The molecule has 0 radical (unpaired) electrons. The van der Waals surface area contributed by atoms with E-state index in [9.17, 15) is 4.21 Å². The van der Waals surface area contributed by atoms with Gasteiger partial charge in [0.1, 0.15) is 11.0 Å². The number of hydrogen-bond acceptors (Lipinski definition) is 7. The van der Waals surface area contributed by atoms with Crippen molar-refractivity contribution in [3.05, 3.63) is 85.5 Å². The van der Waals surface area contributed by atoms with Crippen LogP contribution in [0.4, 0.5) is 0 Å². The molecule has 0 saturated carbocycles. The Morgan fingerprint density at radius 1 is 0.697 bits per heavy atom. The Morgan fingerprint density at radius 3 is 1.61 bits per heavy atom. The smallest absolute Gasteiger partial charge is 0.228 e. The van der Waals surface area contributed by atoms with Gasteiger partial charge >= 0.3 is 0 Å². The highest BCUT2D eigenvalue weighted by atomic mass is 32.2. The van der Waals surface area contributed by atoms with Crippen LogP contribution in [-0.4, -0.2) is 30.0 Å². The molecule has 0 aliphatic rings. The lowest BCUT2D eigenvalue weighted by molar-refractivity contribution is 0.619. The molecule has 0 bridgehead atoms. The second-order valence-electron chi connectivity index (χ2n) is 7.46. The molecule has 0 unspecified atom stereocenters. The maximum atomic E-state index is 13.8. The summed E-state index contributed by atoms with van der Waals surface area (Å²) in [5.41, 5.74) is 3.94. The van der Waals surface area contributed by atoms with Gasteiger partial charge in [0.15, 0.2) is 11.2 Å². The fraction of sp³-hybridized carbons (Fsp3) is 0. The van der Waals surface area contributed by atoms with E-state index in [0.29, 0.717) is 43.8 Å². The molecule has 0 aliphatic heterocycles. The number of aromatic nitrogens is 4. The Kier molecular flexibility index (Phi) is 4.34. The SMILES string of the molecule is C=S(=O)(c1ccc2oc(-c3cccnc3)nc2c1)c1ccc2oc(-c3cccnc3)nc2c1. The third-order valence-corrected chi connectivity index (χ3v) is 7.33. The summed E-state index contributed by atoms with van der Waals surface area (Å²) in [5.74, 6) is 4.96. The second kappa shape index (κ2) is 7.39. The molecular weight excluding hydrogens is 436 g/mol. The van der Waals surface area contributed by atoms with Crippen LogP contribution in [0.25, 0.3) is 45.1 Å². The monoisotopic (exact) mass is 452 g/mol. The lowest BCUT2D eigenvalue weighted by Gasteiger charge is -2.09. The topological polar surface area (TPSA) is 94.9 Å². The van der Waals surface area contributed by atoms with Crippen molar-refractivity contribution in [1.29, 1.82) is 0 Å². The van der Waals surface area contributed by atoms with E-state index in [1.165, 1.54) is 0 Å². The van der Waals surface area contributed by atoms with E-state index in [0.717, 1.165) is 11.1 Å². The minimum absolute atomic E-state index is 0.456. The van der Waals surface area contributed by atoms with Crippen molar-refractivity contribution in [3.8, 4) is 22.9 Å². The van der Waals surface area contributed by atoms with Crippen LogP contribution < -0.4 is 0 Å². The fourth-order valence-corrected chi connectivity index (χ4v) is 5.04. The minimum atomic E-state index is -2.82. The van der Waals surface area contributed by atoms with Crippen LogP contribution in [0.15, 0.2) is 104 Å². The Morgan fingerprint density at radius 2 is 1.18 bits per heavy atom. The maximum Gasteiger partial charge on any atom is 0.228 e. The number of benzene rings is 2. The van der Waals surface area contributed by atoms with E-state index < -0.39 is 9.52 Å². The number of rotatable bonds is 4. The van der Waals surface area contributed by atoms with Gasteiger partial charge < -0.3 is 8.83 Å². The van der Waals surface area contributed by atoms with Gasteiger partial charge in [-0.3, -0.25) is 14.2 Å². The number of pyridine rings is 2. The van der Waals surface area contributed by atoms with Gasteiger partial charge in [-0.1, -0.05) is 0 Å². The summed E-state index contributed by atoms with van der Waals surface area (Å²) in [5, 5.41) is 0. The highest BCUT2D eigenvalue weighted by Crippen LogP contribution is 2.30. The molecule has 0 atom stereocenters. The predicted octanol–water partition coefficient (Wildman–Crippen LogP) is 5.23. The Balaban J connectivity index is 1.40. The molecule has 0 spiro atoms. The first kappa shape index (κ1) is 19.4. The molecule has 6 rings (SSSR count). The van der Waals surface area contributed by atoms with Gasteiger partial charge in [-0.05, 0) is 66.5 Å². The number of oxazole rings is 2. The number of nitrogens with zero attached hydrogens (tertiary/aromatic N) is 4. The van der Waals surface area contributed by atoms with Crippen LogP contribution in [-0.2, 0) is 9.52 Å². The van der Waals surface area contributed by atoms with Gasteiger partial charge in [0, 0.05) is 44.1 Å². The number of hydrogen-bond donors (Lipinski definition) is 0. The van der Waals surface area contributed by atoms with Crippen LogP contribution in [0.3, 0.4) is 0 Å². The lowest BCUT2D eigenvalue weighted by atomic mass is 10.3. The summed E-state index contributed by atoms with van der Waals surface area (Å²) in [4.78, 5) is 18.4. The van der Waals surface area contributed by atoms with Crippen LogP contribution >= 0.6 is 0 Å². The average Bonchev–Trinajstić information content (AvgIpc) is 3.48. The molecule has 0 amide bonds. The van der Waals surface area contributed by atoms with Gasteiger partial charge in [-0.2, -0.15) is 0 Å². The highest BCUT2D eigenvalue weighted by molar-refractivity contribution is 8.00. The molecule has 0 N–H and O–H groups in total. The van der Waals surface area contributed by atoms with E-state index in [1.54, 1.807) is 61.2 Å². The van der Waals surface area contributed by atoms with Crippen molar-refractivity contribution in [3.63, 3.8) is 0 Å². The van der Waals surface area contributed by atoms with Crippen molar-refractivity contribution < 1.29 is 13.0 Å². The zero-order valence-corrected chi connectivity index (χ0v) is 18.0. The lowest BCUT2D eigenvalue weighted by Crippen LogP contribution is -2.01. The second-order valence-corrected chi connectivity index (χ2v) is 9.75. The maximum absolute atomic E-state index is 13.8. The first-order valence-electron chi connectivity index (χ1n) is 10.1. The zero-order valence-electron chi connectivity index (χ0n) is 17.2. The van der Waals surface area contributed by atoms with Crippen LogP contribution in [0.5, 0.6) is 0 Å². The molecule has 33 heavy (non-hydrogen) atoms. The molecular formula is C25H16N4O3S. The molecule has 4 heterocycles. The quantitative estimate of drug-likeness (QED) is 0.338. The molecule has 160 valence electrons. The van der Waals surface area contributed by atoms with Gasteiger partial charge in [-0.15, -0.1) is 0 Å². The molecule has 7 nitrogen and oxygen atoms in total. The molecule has 0 fully saturated rings. The molecule has 8 heteroatoms. The van der Waals surface area contributed by atoms with Crippen molar-refractivity contribution in [2.24, 2.45) is 0 Å². The van der Waals surface area contributed by atoms with Crippen LogP contribution in [0.1, 0.15) is 0 Å². The van der Waals surface area contributed by atoms with Crippen molar-refractivity contribution in [2.75, 3.05) is 0 Å². The van der Waals surface area contributed by atoms with Crippen molar-refractivity contribution in [1.82, 2.24) is 19.9 Å². The van der Waals surface area contributed by atoms with E-state index in [4.69, 9.17) is 8.83 Å². The molecule has 0 saturated heterocycles. The Hall–Kier alpha value is -4.30. The first-order chi connectivity index (χ1) is 16.1. The van der Waals surface area contributed by atoms with Gasteiger partial charge in [-0.25, -0.2) is 9.97 Å². The normalized spacial score (nSPS) is 11.9. The summed E-state index contributed by atoms with van der Waals surface area (Å²) < 4.78 is 25.5. The zero-order chi connectivity index (χ0) is 22.4. The summed E-state index contributed by atoms with van der Waals surface area (Å²) in [7, 11) is -2.82. The standard InChI is InChI=1S/C25H16N4O3S/c1-33(30,18-6-8-22-20(12-18)28-24(31-22)16-4-2-10-26-14-16)19-7-9-23-21(13-19)29-25(32-23)17-5-3-11-27-15-17/h2-15H,1H2. The Labute approximate surface area is 188 Å². The van der Waals surface area contributed by atoms with Gasteiger partial charge in [0.05, 0.1) is 11.1 Å². The highest BCUT2D eigenvalue weighted by Gasteiger charge is 2.17. The molecule has 6 aromatic rings. The van der Waals surface area contributed by atoms with Gasteiger partial charge in [0.2, 0.25) is 11.8 Å². The van der Waals surface area contributed by atoms with E-state index in [-0.39, 0.29) is 0 Å². The van der Waals surface area contributed by atoms with Crippen LogP contribution in [0, 0.1) is 0 Å². The largest absolute Gasteiger partial charge is 0.436 e. The first-order valence-corrected chi connectivity index (χ1v) is 11.8. The van der Waals surface area contributed by atoms with E-state index in [1.807, 2.05) is 24.3 Å². The fourth-order valence-electron chi connectivity index (χ4n) is 3.59. The molecule has 2 aromatic carbocycles. The van der Waals surface area contributed by atoms with Gasteiger partial charge in [0.25, 0.3) is 0 Å². The van der Waals surface area contributed by atoms with E-state index in [2.05, 4.69) is 25.8 Å². The van der Waals surface area contributed by atoms with Crippen molar-refractivity contribution in [2.45, 2.75) is 9.79 Å². The third-order valence-electron chi connectivity index (χ3n) is 5.30. The minimum Gasteiger partial charge on any atom is -0.436 e. The predicted molar refractivity (Wildman–Crippen MR) is 126 cm³/mol. The van der Waals surface area contributed by atoms with Crippen molar-refractivity contribution >= 4 is 37.6 Å². The van der Waals surface area contributed by atoms with E-state index >= 15 is 0 Å². The summed E-state index contributed by atoms with van der Waals surface area (Å²) in [6, 6.07) is 17.9. The van der Waals surface area contributed by atoms with Crippen LogP contribution in [0.2, 0.25) is 0 Å². The molecule has 4 aromatic heterocycles. The Bertz CT molecular complexity index is 1600. The number of fused-ring (bicyclic) bond motifs is 2. The third kappa shape index (κ3) is 3.37. The average molecular weight is 452 g/mol. The summed E-state index contributed by atoms with van der Waals surface area (Å²) in [6.07, 6.45) is 6.74.